The summed E-state index contributed by atoms with van der Waals surface area (Å²) < 4.78 is 6.00. The van der Waals surface area contributed by atoms with Crippen molar-refractivity contribution in [1.29, 1.82) is 0 Å². The van der Waals surface area contributed by atoms with Crippen LogP contribution >= 0.6 is 15.9 Å². The predicted molar refractivity (Wildman–Crippen MR) is 76.7 cm³/mol. The lowest BCUT2D eigenvalue weighted by molar-refractivity contribution is 0.426. The zero-order valence-electron chi connectivity index (χ0n) is 10.1. The van der Waals surface area contributed by atoms with Gasteiger partial charge in [0.15, 0.2) is 5.75 Å². The molecule has 0 atom stereocenters. The number of phenols is 1. The monoisotopic (exact) mass is 332 g/mol. The van der Waals surface area contributed by atoms with Crippen LogP contribution in [-0.2, 0) is 0 Å². The van der Waals surface area contributed by atoms with Crippen LogP contribution in [0.4, 0.5) is 5.69 Å². The number of anilines is 1. The molecule has 3 N–H and O–H groups in total. The van der Waals surface area contributed by atoms with Gasteiger partial charge < -0.3 is 15.4 Å². The average Bonchev–Trinajstić information content (AvgIpc) is 2.92. The number of rotatable bonds is 2. The molecule has 20 heavy (non-hydrogen) atoms. The van der Waals surface area contributed by atoms with Gasteiger partial charge in [0, 0.05) is 10.7 Å². The second-order valence-corrected chi connectivity index (χ2v) is 4.94. The molecule has 3 aromatic rings. The summed E-state index contributed by atoms with van der Waals surface area (Å²) in [6.45, 7) is 0. The summed E-state index contributed by atoms with van der Waals surface area (Å²) in [5, 5.41) is 13.7. The maximum absolute atomic E-state index is 9.89. The summed E-state index contributed by atoms with van der Waals surface area (Å²) in [5.74, 6) is 0.454. The normalized spacial score (nSPS) is 10.7. The maximum atomic E-state index is 9.89. The summed E-state index contributed by atoms with van der Waals surface area (Å²) in [4.78, 5) is 8.39. The van der Waals surface area contributed by atoms with Crippen LogP contribution in [0.5, 0.6) is 5.75 Å². The summed E-state index contributed by atoms with van der Waals surface area (Å²) in [7, 11) is 0. The molecular weight excluding hydrogens is 324 g/mol. The van der Waals surface area contributed by atoms with Crippen LogP contribution in [0, 0.1) is 0 Å². The zero-order chi connectivity index (χ0) is 14.1. The van der Waals surface area contributed by atoms with Gasteiger partial charge in [0.25, 0.3) is 5.89 Å². The van der Waals surface area contributed by atoms with Crippen molar-refractivity contribution in [2.24, 2.45) is 0 Å². The van der Waals surface area contributed by atoms with Gasteiger partial charge in [-0.1, -0.05) is 11.2 Å². The Kier molecular flexibility index (Phi) is 3.11. The molecule has 0 aliphatic heterocycles. The molecule has 0 aliphatic rings. The molecular formula is C13H9BrN4O2. The van der Waals surface area contributed by atoms with Gasteiger partial charge in [-0.05, 0) is 40.2 Å². The fourth-order valence-corrected chi connectivity index (χ4v) is 1.91. The Morgan fingerprint density at radius 1 is 1.20 bits per heavy atom. The highest BCUT2D eigenvalue weighted by atomic mass is 79.9. The van der Waals surface area contributed by atoms with Crippen molar-refractivity contribution in [3.8, 4) is 28.7 Å². The van der Waals surface area contributed by atoms with Crippen LogP contribution in [0.2, 0.25) is 0 Å². The van der Waals surface area contributed by atoms with Crippen molar-refractivity contribution in [3.63, 3.8) is 0 Å². The van der Waals surface area contributed by atoms with Crippen molar-refractivity contribution in [1.82, 2.24) is 15.1 Å². The quantitative estimate of drug-likeness (QED) is 0.553. The first kappa shape index (κ1) is 12.6. The lowest BCUT2D eigenvalue weighted by Crippen LogP contribution is -1.88. The summed E-state index contributed by atoms with van der Waals surface area (Å²) in [5.41, 5.74) is 6.85. The van der Waals surface area contributed by atoms with Gasteiger partial charge in [-0.3, -0.25) is 4.98 Å². The standard InChI is InChI=1S/C13H9BrN4O2/c14-7-4-5-10(16-6-7)12-17-13(20-18-12)8-2-1-3-9(15)11(8)19/h1-6,19H,15H2. The second-order valence-electron chi connectivity index (χ2n) is 4.03. The van der Waals surface area contributed by atoms with E-state index in [1.807, 2.05) is 6.07 Å². The molecule has 0 saturated carbocycles. The van der Waals surface area contributed by atoms with E-state index in [1.54, 1.807) is 30.5 Å². The van der Waals surface area contributed by atoms with E-state index in [9.17, 15) is 5.11 Å². The Hall–Kier alpha value is -2.41. The fraction of sp³-hybridized carbons (Fsp3) is 0. The van der Waals surface area contributed by atoms with Gasteiger partial charge in [0.1, 0.15) is 5.69 Å². The Morgan fingerprint density at radius 3 is 2.80 bits per heavy atom. The molecule has 0 bridgehead atoms. The van der Waals surface area contributed by atoms with E-state index in [0.717, 1.165) is 4.47 Å². The van der Waals surface area contributed by atoms with E-state index in [1.165, 1.54) is 0 Å². The third-order valence-corrected chi connectivity index (χ3v) is 3.15. The smallest absolute Gasteiger partial charge is 0.262 e. The fourth-order valence-electron chi connectivity index (χ4n) is 1.68. The number of nitrogens with zero attached hydrogens (tertiary/aromatic N) is 3. The molecule has 3 rings (SSSR count). The maximum Gasteiger partial charge on any atom is 0.262 e. The molecule has 0 unspecified atom stereocenters. The zero-order valence-corrected chi connectivity index (χ0v) is 11.7. The number of benzene rings is 1. The number of hydrogen-bond donors (Lipinski definition) is 2. The minimum atomic E-state index is -0.0773. The van der Waals surface area contributed by atoms with Gasteiger partial charge in [0.2, 0.25) is 5.82 Å². The van der Waals surface area contributed by atoms with Crippen LogP contribution < -0.4 is 5.73 Å². The average molecular weight is 333 g/mol. The number of aromatic hydroxyl groups is 1. The first-order valence-corrected chi connectivity index (χ1v) is 6.48. The van der Waals surface area contributed by atoms with Gasteiger partial charge in [0.05, 0.1) is 11.3 Å². The van der Waals surface area contributed by atoms with Crippen molar-refractivity contribution >= 4 is 21.6 Å². The van der Waals surface area contributed by atoms with Crippen LogP contribution in [0.3, 0.4) is 0 Å². The van der Waals surface area contributed by atoms with E-state index in [2.05, 4.69) is 31.1 Å². The lowest BCUT2D eigenvalue weighted by Gasteiger charge is -2.01. The molecule has 0 amide bonds. The van der Waals surface area contributed by atoms with E-state index in [0.29, 0.717) is 17.1 Å². The minimum Gasteiger partial charge on any atom is -0.505 e. The Balaban J connectivity index is 2.02. The van der Waals surface area contributed by atoms with Crippen molar-refractivity contribution < 1.29 is 9.63 Å². The number of nitrogen functional groups attached to an aromatic ring is 1. The van der Waals surface area contributed by atoms with Crippen LogP contribution in [0.1, 0.15) is 0 Å². The largest absolute Gasteiger partial charge is 0.505 e. The molecule has 0 spiro atoms. The highest BCUT2D eigenvalue weighted by Gasteiger charge is 2.15. The number of aromatic nitrogens is 3. The Morgan fingerprint density at radius 2 is 2.05 bits per heavy atom. The number of para-hydroxylation sites is 1. The van der Waals surface area contributed by atoms with Crippen LogP contribution in [-0.4, -0.2) is 20.2 Å². The first-order valence-electron chi connectivity index (χ1n) is 5.68. The number of nitrogens with two attached hydrogens (primary N) is 1. The molecule has 1 aromatic carbocycles. The Labute approximate surface area is 122 Å². The summed E-state index contributed by atoms with van der Waals surface area (Å²) in [6.07, 6.45) is 1.64. The molecule has 0 fully saturated rings. The van der Waals surface area contributed by atoms with E-state index in [-0.39, 0.29) is 17.3 Å². The first-order chi connectivity index (χ1) is 9.65. The molecule has 0 aliphatic carbocycles. The van der Waals surface area contributed by atoms with Crippen molar-refractivity contribution in [2.45, 2.75) is 0 Å². The van der Waals surface area contributed by atoms with E-state index >= 15 is 0 Å². The number of pyridine rings is 1. The predicted octanol–water partition coefficient (Wildman–Crippen LogP) is 2.85. The molecule has 6 nitrogen and oxygen atoms in total. The SMILES string of the molecule is Nc1cccc(-c2nc(-c3ccc(Br)cn3)no2)c1O. The van der Waals surface area contributed by atoms with Crippen LogP contribution in [0.15, 0.2) is 45.5 Å². The summed E-state index contributed by atoms with van der Waals surface area (Å²) in [6, 6.07) is 8.53. The number of halogens is 1. The molecule has 7 heteroatoms. The van der Waals surface area contributed by atoms with Gasteiger partial charge >= 0.3 is 0 Å². The van der Waals surface area contributed by atoms with E-state index < -0.39 is 0 Å². The third-order valence-electron chi connectivity index (χ3n) is 2.68. The second kappa shape index (κ2) is 4.93. The van der Waals surface area contributed by atoms with Gasteiger partial charge in [-0.2, -0.15) is 4.98 Å². The summed E-state index contributed by atoms with van der Waals surface area (Å²) >= 11 is 3.30. The molecule has 2 aromatic heterocycles. The third kappa shape index (κ3) is 2.23. The highest BCUT2D eigenvalue weighted by Crippen LogP contribution is 2.33. The lowest BCUT2D eigenvalue weighted by atomic mass is 10.2. The highest BCUT2D eigenvalue weighted by molar-refractivity contribution is 9.10. The number of phenolic OH excluding ortho intramolecular Hbond substituents is 1. The molecule has 0 radical (unpaired) electrons. The molecule has 100 valence electrons. The minimum absolute atomic E-state index is 0.0773. The Bertz CT molecular complexity index is 755. The van der Waals surface area contributed by atoms with Gasteiger partial charge in [-0.25, -0.2) is 0 Å². The molecule has 0 saturated heterocycles. The van der Waals surface area contributed by atoms with Crippen molar-refractivity contribution in [2.75, 3.05) is 5.73 Å². The van der Waals surface area contributed by atoms with Crippen LogP contribution in [0.25, 0.3) is 23.0 Å². The number of hydrogen-bond acceptors (Lipinski definition) is 6. The van der Waals surface area contributed by atoms with Gasteiger partial charge in [-0.15, -0.1) is 0 Å². The molecule has 2 heterocycles. The van der Waals surface area contributed by atoms with Crippen molar-refractivity contribution in [3.05, 3.63) is 41.0 Å². The van der Waals surface area contributed by atoms with E-state index in [4.69, 9.17) is 10.3 Å². The topological polar surface area (TPSA) is 98.1 Å².